The average molecular weight is 239 g/mol. The first-order valence-corrected chi connectivity index (χ1v) is 5.96. The van der Waals surface area contributed by atoms with Gasteiger partial charge in [0.05, 0.1) is 11.0 Å². The van der Waals surface area contributed by atoms with E-state index in [1.54, 1.807) is 12.1 Å². The summed E-state index contributed by atoms with van der Waals surface area (Å²) in [7, 11) is 0. The monoisotopic (exact) mass is 239 g/mol. The summed E-state index contributed by atoms with van der Waals surface area (Å²) >= 11 is 0. The molecule has 1 aromatic heterocycles. The summed E-state index contributed by atoms with van der Waals surface area (Å²) in [6, 6.07) is 12.5. The fourth-order valence-corrected chi connectivity index (χ4v) is 2.46. The van der Waals surface area contributed by atoms with E-state index in [9.17, 15) is 9.90 Å². The van der Waals surface area contributed by atoms with E-state index in [4.69, 9.17) is 0 Å². The average Bonchev–Trinajstić information content (AvgIpc) is 2.40. The fraction of sp³-hybridized carbons (Fsp3) is 0.133. The van der Waals surface area contributed by atoms with Crippen molar-refractivity contribution in [2.24, 2.45) is 0 Å². The van der Waals surface area contributed by atoms with E-state index in [2.05, 4.69) is 4.57 Å². The Morgan fingerprint density at radius 2 is 1.78 bits per heavy atom. The number of benzene rings is 2. The fourth-order valence-electron chi connectivity index (χ4n) is 2.46. The molecule has 0 unspecified atom stereocenters. The van der Waals surface area contributed by atoms with Crippen molar-refractivity contribution in [2.45, 2.75) is 13.5 Å². The molecule has 3 nitrogen and oxygen atoms in total. The molecule has 1 heterocycles. The van der Waals surface area contributed by atoms with Crippen LogP contribution in [-0.2, 0) is 6.54 Å². The molecule has 0 fully saturated rings. The lowest BCUT2D eigenvalue weighted by molar-refractivity contribution is 0.476. The predicted molar refractivity (Wildman–Crippen MR) is 73.1 cm³/mol. The molecule has 3 rings (SSSR count). The summed E-state index contributed by atoms with van der Waals surface area (Å²) in [6.07, 6.45) is 0. The summed E-state index contributed by atoms with van der Waals surface area (Å²) in [5.41, 5.74) is 1.77. The summed E-state index contributed by atoms with van der Waals surface area (Å²) < 4.78 is 2.09. The largest absolute Gasteiger partial charge is 0.508 e. The van der Waals surface area contributed by atoms with Crippen LogP contribution in [0, 0.1) is 0 Å². The topological polar surface area (TPSA) is 42.2 Å². The Morgan fingerprint density at radius 1 is 1.06 bits per heavy atom. The number of aromatic nitrogens is 1. The van der Waals surface area contributed by atoms with Crippen LogP contribution in [0.15, 0.2) is 47.3 Å². The number of nitrogens with zero attached hydrogens (tertiary/aromatic N) is 1. The molecule has 1 N–H and O–H groups in total. The number of phenols is 1. The van der Waals surface area contributed by atoms with Crippen LogP contribution in [0.3, 0.4) is 0 Å². The van der Waals surface area contributed by atoms with Gasteiger partial charge in [-0.2, -0.15) is 0 Å². The van der Waals surface area contributed by atoms with Crippen molar-refractivity contribution in [3.8, 4) is 5.75 Å². The van der Waals surface area contributed by atoms with E-state index in [1.807, 2.05) is 31.2 Å². The zero-order valence-electron chi connectivity index (χ0n) is 10.1. The van der Waals surface area contributed by atoms with E-state index in [0.29, 0.717) is 10.8 Å². The zero-order chi connectivity index (χ0) is 12.7. The number of phenolic OH excluding ortho intramolecular Hbond substituents is 1. The minimum atomic E-state index is -0.0267. The van der Waals surface area contributed by atoms with Crippen molar-refractivity contribution in [2.75, 3.05) is 0 Å². The number of rotatable bonds is 1. The molecule has 0 aliphatic carbocycles. The van der Waals surface area contributed by atoms with Crippen LogP contribution in [0.25, 0.3) is 21.8 Å². The van der Waals surface area contributed by atoms with Crippen molar-refractivity contribution < 1.29 is 5.11 Å². The van der Waals surface area contributed by atoms with E-state index in [-0.39, 0.29) is 11.2 Å². The highest BCUT2D eigenvalue weighted by Crippen LogP contribution is 2.22. The maximum atomic E-state index is 12.4. The summed E-state index contributed by atoms with van der Waals surface area (Å²) in [5.74, 6) is 0.123. The third-order valence-electron chi connectivity index (χ3n) is 3.27. The molecule has 3 heteroatoms. The minimum Gasteiger partial charge on any atom is -0.508 e. The zero-order valence-corrected chi connectivity index (χ0v) is 10.1. The molecule has 2 aromatic carbocycles. The van der Waals surface area contributed by atoms with Gasteiger partial charge in [0.25, 0.3) is 0 Å². The van der Waals surface area contributed by atoms with Gasteiger partial charge in [0.15, 0.2) is 5.43 Å². The molecule has 3 aromatic rings. The predicted octanol–water partition coefficient (Wildman–Crippen LogP) is 2.88. The lowest BCUT2D eigenvalue weighted by Gasteiger charge is -2.13. The van der Waals surface area contributed by atoms with Crippen molar-refractivity contribution in [1.29, 1.82) is 0 Å². The normalized spacial score (nSPS) is 11.2. The van der Waals surface area contributed by atoms with Crippen LogP contribution in [0.4, 0.5) is 0 Å². The molecule has 0 spiro atoms. The lowest BCUT2D eigenvalue weighted by Crippen LogP contribution is -2.10. The van der Waals surface area contributed by atoms with Crippen molar-refractivity contribution in [3.05, 3.63) is 52.7 Å². The second-order valence-electron chi connectivity index (χ2n) is 4.29. The number of hydrogen-bond acceptors (Lipinski definition) is 2. The Hall–Kier alpha value is -2.29. The van der Waals surface area contributed by atoms with Crippen LogP contribution >= 0.6 is 0 Å². The van der Waals surface area contributed by atoms with Crippen LogP contribution in [0.1, 0.15) is 6.92 Å². The van der Waals surface area contributed by atoms with E-state index in [0.717, 1.165) is 17.6 Å². The highest BCUT2D eigenvalue weighted by atomic mass is 16.3. The first-order valence-electron chi connectivity index (χ1n) is 5.96. The smallest absolute Gasteiger partial charge is 0.197 e. The summed E-state index contributed by atoms with van der Waals surface area (Å²) in [5, 5.41) is 10.8. The Bertz CT molecular complexity index is 803. The molecular formula is C15H13NO2. The number of pyridine rings is 1. The van der Waals surface area contributed by atoms with Gasteiger partial charge in [0, 0.05) is 17.3 Å². The number of aryl methyl sites for hydroxylation is 1. The van der Waals surface area contributed by atoms with Crippen LogP contribution < -0.4 is 5.43 Å². The van der Waals surface area contributed by atoms with E-state index in [1.165, 1.54) is 6.07 Å². The van der Waals surface area contributed by atoms with Crippen molar-refractivity contribution in [3.63, 3.8) is 0 Å². The summed E-state index contributed by atoms with van der Waals surface area (Å²) in [6.45, 7) is 2.82. The van der Waals surface area contributed by atoms with Gasteiger partial charge in [0.1, 0.15) is 5.75 Å². The van der Waals surface area contributed by atoms with Gasteiger partial charge >= 0.3 is 0 Å². The number of aromatic hydroxyl groups is 1. The molecule has 0 saturated carbocycles. The third-order valence-corrected chi connectivity index (χ3v) is 3.27. The molecule has 90 valence electrons. The van der Waals surface area contributed by atoms with Gasteiger partial charge in [-0.25, -0.2) is 0 Å². The number of fused-ring (bicyclic) bond motifs is 2. The first-order chi connectivity index (χ1) is 8.72. The number of hydrogen-bond donors (Lipinski definition) is 1. The molecule has 0 bridgehead atoms. The maximum Gasteiger partial charge on any atom is 0.197 e. The van der Waals surface area contributed by atoms with Gasteiger partial charge in [-0.15, -0.1) is 0 Å². The van der Waals surface area contributed by atoms with E-state index >= 15 is 0 Å². The van der Waals surface area contributed by atoms with Crippen LogP contribution in [-0.4, -0.2) is 9.67 Å². The van der Waals surface area contributed by atoms with Crippen LogP contribution in [0.5, 0.6) is 5.75 Å². The summed E-state index contributed by atoms with van der Waals surface area (Å²) in [4.78, 5) is 12.4. The van der Waals surface area contributed by atoms with Gasteiger partial charge in [0.2, 0.25) is 0 Å². The number of para-hydroxylation sites is 1. The molecule has 0 aliphatic heterocycles. The van der Waals surface area contributed by atoms with Crippen molar-refractivity contribution in [1.82, 2.24) is 4.57 Å². The molecular weight excluding hydrogens is 226 g/mol. The SMILES string of the molecule is CCn1c2ccccc2c(=O)c2cc(O)ccc21. The minimum absolute atomic E-state index is 0.0267. The molecule has 18 heavy (non-hydrogen) atoms. The molecule has 0 amide bonds. The molecule has 0 aliphatic rings. The maximum absolute atomic E-state index is 12.4. The van der Waals surface area contributed by atoms with Gasteiger partial charge < -0.3 is 9.67 Å². The Morgan fingerprint density at radius 3 is 2.56 bits per heavy atom. The molecule has 0 saturated heterocycles. The van der Waals surface area contributed by atoms with Gasteiger partial charge in [-0.3, -0.25) is 4.79 Å². The van der Waals surface area contributed by atoms with E-state index < -0.39 is 0 Å². The van der Waals surface area contributed by atoms with Crippen LogP contribution in [0.2, 0.25) is 0 Å². The first kappa shape index (κ1) is 10.8. The highest BCUT2D eigenvalue weighted by Gasteiger charge is 2.09. The van der Waals surface area contributed by atoms with Gasteiger partial charge in [-0.05, 0) is 37.3 Å². The Labute approximate surface area is 104 Å². The highest BCUT2D eigenvalue weighted by molar-refractivity contribution is 5.94. The Kier molecular flexibility index (Phi) is 2.33. The third kappa shape index (κ3) is 1.40. The quantitative estimate of drug-likeness (QED) is 0.663. The van der Waals surface area contributed by atoms with Crippen molar-refractivity contribution >= 4 is 21.8 Å². The second kappa shape index (κ2) is 3.88. The second-order valence-corrected chi connectivity index (χ2v) is 4.29. The molecule has 0 atom stereocenters. The Balaban J connectivity index is 2.66. The lowest BCUT2D eigenvalue weighted by atomic mass is 10.1. The molecule has 0 radical (unpaired) electrons. The van der Waals surface area contributed by atoms with Gasteiger partial charge in [-0.1, -0.05) is 12.1 Å². The standard InChI is InChI=1S/C15H13NO2/c1-2-16-13-6-4-3-5-11(13)15(18)12-9-10(17)7-8-14(12)16/h3-9,17H,2H2,1H3.